The largest absolute Gasteiger partial charge is 0.391 e. The Labute approximate surface area is 106 Å². The Kier molecular flexibility index (Phi) is 3.09. The van der Waals surface area contributed by atoms with Gasteiger partial charge in [0.25, 0.3) is 0 Å². The lowest BCUT2D eigenvalue weighted by Gasteiger charge is -2.26. The molecule has 1 heterocycles. The topological polar surface area (TPSA) is 36.4 Å². The molecule has 0 aliphatic heterocycles. The molecule has 3 nitrogen and oxygen atoms in total. The molecule has 3 unspecified atom stereocenters. The highest BCUT2D eigenvalue weighted by Crippen LogP contribution is 2.48. The SMILES string of the molecule is CN(CC1CC2CCC1C2)c1ncc(CO)s1. The molecule has 1 N–H and O–H groups in total. The van der Waals surface area contributed by atoms with Crippen LogP contribution in [0.1, 0.15) is 30.6 Å². The molecule has 0 spiro atoms. The summed E-state index contributed by atoms with van der Waals surface area (Å²) in [7, 11) is 2.13. The molecule has 1 aromatic rings. The molecule has 1 aromatic heterocycles. The number of hydrogen-bond acceptors (Lipinski definition) is 4. The lowest BCUT2D eigenvalue weighted by Crippen LogP contribution is -2.28. The number of aliphatic hydroxyl groups is 1. The Hall–Kier alpha value is -0.610. The first-order chi connectivity index (χ1) is 8.26. The first-order valence-electron chi connectivity index (χ1n) is 6.53. The molecule has 2 aliphatic carbocycles. The predicted octanol–water partition coefficient (Wildman–Crippen LogP) is 2.51. The van der Waals surface area contributed by atoms with Gasteiger partial charge in [-0.15, -0.1) is 0 Å². The van der Waals surface area contributed by atoms with Crippen LogP contribution in [0.25, 0.3) is 0 Å². The maximum absolute atomic E-state index is 9.05. The zero-order chi connectivity index (χ0) is 11.8. The second-order valence-electron chi connectivity index (χ2n) is 5.58. The highest BCUT2D eigenvalue weighted by atomic mass is 32.1. The Morgan fingerprint density at radius 1 is 1.47 bits per heavy atom. The van der Waals surface area contributed by atoms with Crippen molar-refractivity contribution in [2.24, 2.45) is 17.8 Å². The number of hydrogen-bond donors (Lipinski definition) is 1. The monoisotopic (exact) mass is 252 g/mol. The van der Waals surface area contributed by atoms with Gasteiger partial charge in [-0.1, -0.05) is 17.8 Å². The molecule has 2 bridgehead atoms. The number of nitrogens with zero attached hydrogens (tertiary/aromatic N) is 2. The number of thiazole rings is 1. The van der Waals surface area contributed by atoms with Crippen LogP contribution in [0.3, 0.4) is 0 Å². The van der Waals surface area contributed by atoms with Gasteiger partial charge in [0.2, 0.25) is 0 Å². The molecular weight excluding hydrogens is 232 g/mol. The molecule has 2 aliphatic rings. The quantitative estimate of drug-likeness (QED) is 0.894. The zero-order valence-corrected chi connectivity index (χ0v) is 11.1. The standard InChI is InChI=1S/C13H20N2OS/c1-15(13-14-6-12(8-16)17-13)7-11-5-9-2-3-10(11)4-9/h6,9-11,16H,2-5,7-8H2,1H3. The number of aliphatic hydroxyl groups excluding tert-OH is 1. The summed E-state index contributed by atoms with van der Waals surface area (Å²) in [5.41, 5.74) is 0. The molecule has 3 atom stereocenters. The fraction of sp³-hybridized carbons (Fsp3) is 0.769. The average Bonchev–Trinajstić information content (AvgIpc) is 3.04. The van der Waals surface area contributed by atoms with E-state index in [0.29, 0.717) is 0 Å². The summed E-state index contributed by atoms with van der Waals surface area (Å²) in [5.74, 6) is 2.86. The number of anilines is 1. The Balaban J connectivity index is 1.61. The van der Waals surface area contributed by atoms with Gasteiger partial charge in [0, 0.05) is 19.8 Å². The van der Waals surface area contributed by atoms with Gasteiger partial charge in [0.15, 0.2) is 5.13 Å². The molecule has 17 heavy (non-hydrogen) atoms. The van der Waals surface area contributed by atoms with Crippen LogP contribution >= 0.6 is 11.3 Å². The number of fused-ring (bicyclic) bond motifs is 2. The van der Waals surface area contributed by atoms with E-state index in [1.807, 2.05) is 0 Å². The lowest BCUT2D eigenvalue weighted by molar-refractivity contribution is 0.285. The maximum Gasteiger partial charge on any atom is 0.185 e. The van der Waals surface area contributed by atoms with Gasteiger partial charge in [0.05, 0.1) is 11.5 Å². The molecule has 3 rings (SSSR count). The highest BCUT2D eigenvalue weighted by Gasteiger charge is 2.39. The normalized spacial score (nSPS) is 31.1. The third kappa shape index (κ3) is 2.20. The van der Waals surface area contributed by atoms with E-state index in [9.17, 15) is 0 Å². The van der Waals surface area contributed by atoms with Crippen LogP contribution in [0.15, 0.2) is 6.20 Å². The molecule has 0 radical (unpaired) electrons. The van der Waals surface area contributed by atoms with Crippen molar-refractivity contribution < 1.29 is 5.11 Å². The molecule has 0 amide bonds. The molecule has 0 saturated heterocycles. The van der Waals surface area contributed by atoms with E-state index in [1.54, 1.807) is 17.5 Å². The minimum atomic E-state index is 0.111. The summed E-state index contributed by atoms with van der Waals surface area (Å²) in [6, 6.07) is 0. The van der Waals surface area contributed by atoms with Gasteiger partial charge >= 0.3 is 0 Å². The van der Waals surface area contributed by atoms with Crippen LogP contribution in [-0.2, 0) is 6.61 Å². The van der Waals surface area contributed by atoms with E-state index in [4.69, 9.17) is 5.11 Å². The van der Waals surface area contributed by atoms with Crippen molar-refractivity contribution in [3.8, 4) is 0 Å². The van der Waals surface area contributed by atoms with Crippen LogP contribution in [0.2, 0.25) is 0 Å². The summed E-state index contributed by atoms with van der Waals surface area (Å²) in [4.78, 5) is 7.61. The van der Waals surface area contributed by atoms with E-state index in [0.717, 1.165) is 34.3 Å². The highest BCUT2D eigenvalue weighted by molar-refractivity contribution is 7.15. The molecular formula is C13H20N2OS. The van der Waals surface area contributed by atoms with Crippen molar-refractivity contribution >= 4 is 16.5 Å². The van der Waals surface area contributed by atoms with Crippen LogP contribution in [0.4, 0.5) is 5.13 Å². The lowest BCUT2D eigenvalue weighted by atomic mass is 9.88. The Morgan fingerprint density at radius 3 is 2.94 bits per heavy atom. The van der Waals surface area contributed by atoms with Crippen molar-refractivity contribution in [2.45, 2.75) is 32.3 Å². The smallest absolute Gasteiger partial charge is 0.185 e. The zero-order valence-electron chi connectivity index (χ0n) is 10.3. The van der Waals surface area contributed by atoms with E-state index in [2.05, 4.69) is 16.9 Å². The third-order valence-electron chi connectivity index (χ3n) is 4.42. The van der Waals surface area contributed by atoms with Gasteiger partial charge in [-0.05, 0) is 37.0 Å². The second-order valence-corrected chi connectivity index (χ2v) is 6.68. The maximum atomic E-state index is 9.05. The van der Waals surface area contributed by atoms with E-state index < -0.39 is 0 Å². The molecule has 2 saturated carbocycles. The van der Waals surface area contributed by atoms with E-state index in [-0.39, 0.29) is 6.61 Å². The van der Waals surface area contributed by atoms with Crippen LogP contribution in [0, 0.1) is 17.8 Å². The minimum Gasteiger partial charge on any atom is -0.391 e. The van der Waals surface area contributed by atoms with Gasteiger partial charge in [-0.2, -0.15) is 0 Å². The van der Waals surface area contributed by atoms with Crippen molar-refractivity contribution in [1.29, 1.82) is 0 Å². The molecule has 2 fully saturated rings. The number of rotatable bonds is 4. The first kappa shape index (κ1) is 11.5. The Morgan fingerprint density at radius 2 is 2.35 bits per heavy atom. The predicted molar refractivity (Wildman–Crippen MR) is 70.2 cm³/mol. The van der Waals surface area contributed by atoms with Crippen molar-refractivity contribution in [3.63, 3.8) is 0 Å². The third-order valence-corrected chi connectivity index (χ3v) is 5.51. The van der Waals surface area contributed by atoms with Gasteiger partial charge in [-0.25, -0.2) is 4.98 Å². The van der Waals surface area contributed by atoms with Gasteiger partial charge in [0.1, 0.15) is 0 Å². The van der Waals surface area contributed by atoms with Crippen LogP contribution in [0.5, 0.6) is 0 Å². The van der Waals surface area contributed by atoms with Crippen molar-refractivity contribution in [2.75, 3.05) is 18.5 Å². The van der Waals surface area contributed by atoms with Gasteiger partial charge < -0.3 is 10.0 Å². The van der Waals surface area contributed by atoms with E-state index in [1.165, 1.54) is 25.7 Å². The average molecular weight is 252 g/mol. The summed E-state index contributed by atoms with van der Waals surface area (Å²) >= 11 is 1.61. The molecule has 94 valence electrons. The fourth-order valence-corrected chi connectivity index (χ4v) is 4.32. The molecule has 0 aromatic carbocycles. The summed E-state index contributed by atoms with van der Waals surface area (Å²) in [6.07, 6.45) is 7.60. The summed E-state index contributed by atoms with van der Waals surface area (Å²) in [6.45, 7) is 1.25. The Bertz CT molecular complexity index is 393. The second kappa shape index (κ2) is 4.58. The van der Waals surface area contributed by atoms with Crippen LogP contribution in [-0.4, -0.2) is 23.7 Å². The number of aromatic nitrogens is 1. The summed E-state index contributed by atoms with van der Waals surface area (Å²) < 4.78 is 0. The van der Waals surface area contributed by atoms with E-state index >= 15 is 0 Å². The van der Waals surface area contributed by atoms with Crippen LogP contribution < -0.4 is 4.90 Å². The summed E-state index contributed by atoms with van der Waals surface area (Å²) in [5, 5.41) is 10.1. The first-order valence-corrected chi connectivity index (χ1v) is 7.34. The fourth-order valence-electron chi connectivity index (χ4n) is 3.58. The minimum absolute atomic E-state index is 0.111. The molecule has 4 heteroatoms. The van der Waals surface area contributed by atoms with Crippen molar-refractivity contribution in [1.82, 2.24) is 4.98 Å². The van der Waals surface area contributed by atoms with Gasteiger partial charge in [-0.3, -0.25) is 0 Å². The van der Waals surface area contributed by atoms with Crippen molar-refractivity contribution in [3.05, 3.63) is 11.1 Å².